The molecule has 1 rings (SSSR count). The molecular formula is C13H18ClNO. The molecule has 2 nitrogen and oxygen atoms in total. The van der Waals surface area contributed by atoms with Crippen LogP contribution >= 0.6 is 11.6 Å². The van der Waals surface area contributed by atoms with Crippen molar-refractivity contribution in [3.8, 4) is 5.75 Å². The van der Waals surface area contributed by atoms with Crippen LogP contribution in [0.1, 0.15) is 31.9 Å². The number of benzene rings is 1. The molecule has 1 atom stereocenters. The molecule has 1 aromatic carbocycles. The minimum absolute atomic E-state index is 0.0939. The molecule has 0 amide bonds. The minimum Gasteiger partial charge on any atom is -0.489 e. The first kappa shape index (κ1) is 13.1. The van der Waals surface area contributed by atoms with Gasteiger partial charge in [0, 0.05) is 16.6 Å². The van der Waals surface area contributed by atoms with Crippen LogP contribution in [0, 0.1) is 0 Å². The zero-order chi connectivity index (χ0) is 12.1. The number of ether oxygens (including phenoxy) is 1. The molecule has 0 aromatic heterocycles. The summed E-state index contributed by atoms with van der Waals surface area (Å²) in [4.78, 5) is 0. The van der Waals surface area contributed by atoms with Gasteiger partial charge in [-0.25, -0.2) is 0 Å². The van der Waals surface area contributed by atoms with Gasteiger partial charge in [0.05, 0.1) is 0 Å². The summed E-state index contributed by atoms with van der Waals surface area (Å²) in [7, 11) is 0. The summed E-state index contributed by atoms with van der Waals surface area (Å²) in [5, 5.41) is 0.675. The van der Waals surface area contributed by atoms with Crippen LogP contribution in [0.2, 0.25) is 5.02 Å². The second kappa shape index (κ2) is 5.92. The molecule has 88 valence electrons. The van der Waals surface area contributed by atoms with Gasteiger partial charge in [-0.05, 0) is 37.1 Å². The molecule has 0 spiro atoms. The lowest BCUT2D eigenvalue weighted by Crippen LogP contribution is -2.09. The van der Waals surface area contributed by atoms with Gasteiger partial charge in [0.1, 0.15) is 12.4 Å². The molecule has 0 heterocycles. The summed E-state index contributed by atoms with van der Waals surface area (Å²) >= 11 is 5.92. The number of hydrogen-bond acceptors (Lipinski definition) is 2. The molecule has 0 aliphatic heterocycles. The van der Waals surface area contributed by atoms with Gasteiger partial charge >= 0.3 is 0 Å². The van der Waals surface area contributed by atoms with Crippen molar-refractivity contribution >= 4 is 11.6 Å². The minimum atomic E-state index is -0.0939. The van der Waals surface area contributed by atoms with Gasteiger partial charge in [0.15, 0.2) is 0 Å². The fourth-order valence-corrected chi connectivity index (χ4v) is 1.47. The van der Waals surface area contributed by atoms with Crippen LogP contribution in [0.15, 0.2) is 30.4 Å². The second-order valence-electron chi connectivity index (χ2n) is 3.86. The van der Waals surface area contributed by atoms with E-state index in [2.05, 4.69) is 13.5 Å². The van der Waals surface area contributed by atoms with Crippen molar-refractivity contribution in [3.63, 3.8) is 0 Å². The van der Waals surface area contributed by atoms with E-state index in [0.717, 1.165) is 23.3 Å². The van der Waals surface area contributed by atoms with E-state index in [1.54, 1.807) is 6.07 Å². The molecule has 0 bridgehead atoms. The smallest absolute Gasteiger partial charge is 0.124 e. The molecule has 2 N–H and O–H groups in total. The molecular weight excluding hydrogens is 222 g/mol. The van der Waals surface area contributed by atoms with Gasteiger partial charge in [-0.1, -0.05) is 25.1 Å². The van der Waals surface area contributed by atoms with Gasteiger partial charge in [-0.15, -0.1) is 0 Å². The van der Waals surface area contributed by atoms with Crippen LogP contribution in [-0.2, 0) is 0 Å². The predicted molar refractivity (Wildman–Crippen MR) is 69.0 cm³/mol. The highest BCUT2D eigenvalue weighted by atomic mass is 35.5. The third-order valence-electron chi connectivity index (χ3n) is 2.39. The van der Waals surface area contributed by atoms with Crippen molar-refractivity contribution in [2.75, 3.05) is 6.61 Å². The van der Waals surface area contributed by atoms with Crippen molar-refractivity contribution in [2.24, 2.45) is 5.73 Å². The first-order valence-corrected chi connectivity index (χ1v) is 5.76. The molecule has 0 saturated carbocycles. The largest absolute Gasteiger partial charge is 0.489 e. The Balaban J connectivity index is 2.82. The number of halogens is 1. The third-order valence-corrected chi connectivity index (χ3v) is 2.63. The fourth-order valence-electron chi connectivity index (χ4n) is 1.29. The molecule has 3 heteroatoms. The summed E-state index contributed by atoms with van der Waals surface area (Å²) in [6, 6.07) is 5.40. The van der Waals surface area contributed by atoms with Gasteiger partial charge in [-0.3, -0.25) is 0 Å². The highest BCUT2D eigenvalue weighted by Gasteiger charge is 2.09. The van der Waals surface area contributed by atoms with Crippen LogP contribution in [0.3, 0.4) is 0 Å². The zero-order valence-electron chi connectivity index (χ0n) is 9.79. The molecule has 1 unspecified atom stereocenters. The Bertz CT molecular complexity index is 374. The maximum atomic E-state index is 5.92. The van der Waals surface area contributed by atoms with Crippen LogP contribution in [0.25, 0.3) is 0 Å². The van der Waals surface area contributed by atoms with E-state index in [-0.39, 0.29) is 6.04 Å². The Hall–Kier alpha value is -0.990. The normalized spacial score (nSPS) is 12.2. The average Bonchev–Trinajstić information content (AvgIpc) is 2.26. The van der Waals surface area contributed by atoms with Crippen molar-refractivity contribution in [1.29, 1.82) is 0 Å². The number of nitrogens with two attached hydrogens (primary N) is 1. The summed E-state index contributed by atoms with van der Waals surface area (Å²) in [5.74, 6) is 0.786. The highest BCUT2D eigenvalue weighted by molar-refractivity contribution is 6.30. The SMILES string of the molecule is C=C(CC)COc1ccc(Cl)cc1C(C)N. The van der Waals surface area contributed by atoms with Crippen LogP contribution < -0.4 is 10.5 Å². The van der Waals surface area contributed by atoms with E-state index in [1.807, 2.05) is 19.1 Å². The van der Waals surface area contributed by atoms with Gasteiger partial charge in [-0.2, -0.15) is 0 Å². The van der Waals surface area contributed by atoms with Crippen molar-refractivity contribution in [3.05, 3.63) is 40.9 Å². The molecule has 0 aliphatic carbocycles. The predicted octanol–water partition coefficient (Wildman–Crippen LogP) is 3.70. The molecule has 0 saturated heterocycles. The van der Waals surface area contributed by atoms with Gasteiger partial charge in [0.2, 0.25) is 0 Å². The number of hydrogen-bond donors (Lipinski definition) is 1. The summed E-state index contributed by atoms with van der Waals surface area (Å²) in [5.41, 5.74) is 7.85. The third kappa shape index (κ3) is 3.54. The van der Waals surface area contributed by atoms with E-state index in [1.165, 1.54) is 0 Å². The highest BCUT2D eigenvalue weighted by Crippen LogP contribution is 2.27. The monoisotopic (exact) mass is 239 g/mol. The second-order valence-corrected chi connectivity index (χ2v) is 4.30. The lowest BCUT2D eigenvalue weighted by molar-refractivity contribution is 0.343. The Kier molecular flexibility index (Phi) is 4.84. The van der Waals surface area contributed by atoms with Crippen LogP contribution in [0.5, 0.6) is 5.75 Å². The summed E-state index contributed by atoms with van der Waals surface area (Å²) in [6.45, 7) is 8.39. The Morgan fingerprint density at radius 1 is 1.56 bits per heavy atom. The average molecular weight is 240 g/mol. The summed E-state index contributed by atoms with van der Waals surface area (Å²) < 4.78 is 5.67. The van der Waals surface area contributed by atoms with Gasteiger partial charge in [0.25, 0.3) is 0 Å². The van der Waals surface area contributed by atoms with Crippen molar-refractivity contribution in [1.82, 2.24) is 0 Å². The summed E-state index contributed by atoms with van der Waals surface area (Å²) in [6.07, 6.45) is 0.918. The maximum Gasteiger partial charge on any atom is 0.124 e. The Morgan fingerprint density at radius 3 is 2.81 bits per heavy atom. The zero-order valence-corrected chi connectivity index (χ0v) is 10.6. The van der Waals surface area contributed by atoms with E-state index in [4.69, 9.17) is 22.1 Å². The lowest BCUT2D eigenvalue weighted by Gasteiger charge is -2.14. The van der Waals surface area contributed by atoms with E-state index >= 15 is 0 Å². The maximum absolute atomic E-state index is 5.92. The van der Waals surface area contributed by atoms with E-state index < -0.39 is 0 Å². The van der Waals surface area contributed by atoms with Crippen molar-refractivity contribution < 1.29 is 4.74 Å². The van der Waals surface area contributed by atoms with Crippen molar-refractivity contribution in [2.45, 2.75) is 26.3 Å². The van der Waals surface area contributed by atoms with E-state index in [0.29, 0.717) is 11.6 Å². The fraction of sp³-hybridized carbons (Fsp3) is 0.385. The standard InChI is InChI=1S/C13H18ClNO/c1-4-9(2)8-16-13-6-5-11(14)7-12(13)10(3)15/h5-7,10H,2,4,8,15H2,1,3H3. The lowest BCUT2D eigenvalue weighted by atomic mass is 10.1. The topological polar surface area (TPSA) is 35.2 Å². The van der Waals surface area contributed by atoms with Gasteiger partial charge < -0.3 is 10.5 Å². The molecule has 16 heavy (non-hydrogen) atoms. The van der Waals surface area contributed by atoms with Crippen LogP contribution in [-0.4, -0.2) is 6.61 Å². The molecule has 0 radical (unpaired) electrons. The van der Waals surface area contributed by atoms with Crippen LogP contribution in [0.4, 0.5) is 0 Å². The molecule has 0 fully saturated rings. The molecule has 1 aromatic rings. The quantitative estimate of drug-likeness (QED) is 0.796. The Labute approximate surface area is 102 Å². The molecule has 0 aliphatic rings. The number of rotatable bonds is 5. The first-order chi connectivity index (χ1) is 7.54. The Morgan fingerprint density at radius 2 is 2.25 bits per heavy atom. The van der Waals surface area contributed by atoms with E-state index in [9.17, 15) is 0 Å². The first-order valence-electron chi connectivity index (χ1n) is 5.39.